The molecule has 0 bridgehead atoms. The number of esters is 1. The number of carbonyl (C=O) groups is 2. The Balaban J connectivity index is 2.03. The summed E-state index contributed by atoms with van der Waals surface area (Å²) in [5.74, 6) is -0.303. The molecule has 1 fully saturated rings. The van der Waals surface area contributed by atoms with E-state index in [2.05, 4.69) is 0 Å². The maximum atomic E-state index is 11.5. The Labute approximate surface area is 95.7 Å². The van der Waals surface area contributed by atoms with E-state index in [0.717, 1.165) is 25.9 Å². The molecule has 0 aromatic carbocycles. The molecule has 0 aliphatic carbocycles. The van der Waals surface area contributed by atoms with Crippen molar-refractivity contribution in [2.24, 2.45) is 0 Å². The van der Waals surface area contributed by atoms with Crippen LogP contribution in [-0.4, -0.2) is 43.3 Å². The topological polar surface area (TPSA) is 55.8 Å². The number of rotatable bonds is 4. The highest BCUT2D eigenvalue weighted by atomic mass is 16.6. The van der Waals surface area contributed by atoms with Gasteiger partial charge in [-0.25, -0.2) is 4.79 Å². The summed E-state index contributed by atoms with van der Waals surface area (Å²) < 4.78 is 9.78. The van der Waals surface area contributed by atoms with Gasteiger partial charge in [0.25, 0.3) is 0 Å². The van der Waals surface area contributed by atoms with E-state index >= 15 is 0 Å². The first kappa shape index (κ1) is 12.8. The van der Waals surface area contributed by atoms with E-state index in [1.165, 1.54) is 13.3 Å². The third-order valence-electron chi connectivity index (χ3n) is 2.43. The van der Waals surface area contributed by atoms with Crippen LogP contribution in [0.3, 0.4) is 0 Å². The fourth-order valence-electron chi connectivity index (χ4n) is 1.60. The van der Waals surface area contributed by atoms with Crippen LogP contribution < -0.4 is 0 Å². The van der Waals surface area contributed by atoms with Gasteiger partial charge in [-0.3, -0.25) is 4.79 Å². The van der Waals surface area contributed by atoms with Gasteiger partial charge in [0.1, 0.15) is 0 Å². The fraction of sp³-hybridized carbons (Fsp3) is 0.818. The number of amides is 1. The molecule has 16 heavy (non-hydrogen) atoms. The second kappa shape index (κ2) is 7.09. The van der Waals surface area contributed by atoms with Gasteiger partial charge in [0.05, 0.1) is 13.2 Å². The van der Waals surface area contributed by atoms with Gasteiger partial charge in [0.2, 0.25) is 0 Å². The molecule has 1 aliphatic rings. The molecule has 5 heteroatoms. The third kappa shape index (κ3) is 5.00. The first-order chi connectivity index (χ1) is 7.70. The second-order valence-electron chi connectivity index (χ2n) is 3.86. The summed E-state index contributed by atoms with van der Waals surface area (Å²) in [4.78, 5) is 23.7. The minimum absolute atomic E-state index is 0.248. The predicted molar refractivity (Wildman–Crippen MR) is 58.0 cm³/mol. The van der Waals surface area contributed by atoms with E-state index in [1.807, 2.05) is 0 Å². The molecule has 0 radical (unpaired) electrons. The molecule has 92 valence electrons. The van der Waals surface area contributed by atoms with Crippen LogP contribution in [0, 0.1) is 0 Å². The third-order valence-corrected chi connectivity index (χ3v) is 2.43. The summed E-state index contributed by atoms with van der Waals surface area (Å²) in [6.07, 6.45) is 3.61. The van der Waals surface area contributed by atoms with E-state index in [0.29, 0.717) is 19.6 Å². The fourth-order valence-corrected chi connectivity index (χ4v) is 1.60. The maximum absolute atomic E-state index is 11.5. The van der Waals surface area contributed by atoms with Gasteiger partial charge in [-0.2, -0.15) is 0 Å². The summed E-state index contributed by atoms with van der Waals surface area (Å²) in [5, 5.41) is 0. The van der Waals surface area contributed by atoms with Crippen LogP contribution >= 0.6 is 0 Å². The lowest BCUT2D eigenvalue weighted by molar-refractivity contribution is -0.141. The Bertz CT molecular complexity index is 236. The van der Waals surface area contributed by atoms with Crippen molar-refractivity contribution in [1.82, 2.24) is 4.90 Å². The molecule has 1 heterocycles. The molecule has 1 aliphatic heterocycles. The van der Waals surface area contributed by atoms with E-state index < -0.39 is 0 Å². The molecule has 0 aromatic rings. The molecule has 1 amide bonds. The zero-order chi connectivity index (χ0) is 11.8. The lowest BCUT2D eigenvalue weighted by Gasteiger charge is -2.25. The van der Waals surface area contributed by atoms with Crippen molar-refractivity contribution in [2.75, 3.05) is 26.3 Å². The largest absolute Gasteiger partial charge is 0.466 e. The highest BCUT2D eigenvalue weighted by Gasteiger charge is 2.17. The van der Waals surface area contributed by atoms with Crippen molar-refractivity contribution in [1.29, 1.82) is 0 Å². The lowest BCUT2D eigenvalue weighted by atomic mass is 10.1. The average Bonchev–Trinajstić information content (AvgIpc) is 2.29. The summed E-state index contributed by atoms with van der Waals surface area (Å²) in [6.45, 7) is 3.57. The first-order valence-electron chi connectivity index (χ1n) is 5.75. The molecule has 0 saturated carbocycles. The minimum Gasteiger partial charge on any atom is -0.466 e. The van der Waals surface area contributed by atoms with Gasteiger partial charge >= 0.3 is 12.1 Å². The zero-order valence-electron chi connectivity index (χ0n) is 9.74. The zero-order valence-corrected chi connectivity index (χ0v) is 9.74. The normalized spacial score (nSPS) is 15.7. The van der Waals surface area contributed by atoms with E-state index in [9.17, 15) is 9.59 Å². The molecule has 0 unspecified atom stereocenters. The molecule has 0 atom stereocenters. The maximum Gasteiger partial charge on any atom is 0.409 e. The summed E-state index contributed by atoms with van der Waals surface area (Å²) in [5.41, 5.74) is 0. The number of likely N-dealkylation sites (tertiary alicyclic amines) is 1. The highest BCUT2D eigenvalue weighted by molar-refractivity contribution is 5.67. The van der Waals surface area contributed by atoms with Gasteiger partial charge in [-0.15, -0.1) is 0 Å². The van der Waals surface area contributed by atoms with Crippen LogP contribution in [0.25, 0.3) is 0 Å². The van der Waals surface area contributed by atoms with Crippen molar-refractivity contribution >= 4 is 12.1 Å². The standard InChI is InChI=1S/C11H19NO4/c1-10(13)15-8-5-9-16-11(14)12-6-3-2-4-7-12/h2-9H2,1H3. The SMILES string of the molecule is CC(=O)OCCCOC(=O)N1CCCCC1. The Morgan fingerprint density at radius 2 is 1.69 bits per heavy atom. The molecule has 1 rings (SSSR count). The van der Waals surface area contributed by atoms with Crippen LogP contribution in [-0.2, 0) is 14.3 Å². The van der Waals surface area contributed by atoms with Gasteiger partial charge in [-0.05, 0) is 19.3 Å². The van der Waals surface area contributed by atoms with Gasteiger partial charge in [0.15, 0.2) is 0 Å². The molecule has 1 saturated heterocycles. The number of ether oxygens (including phenoxy) is 2. The second-order valence-corrected chi connectivity index (χ2v) is 3.86. The summed E-state index contributed by atoms with van der Waals surface area (Å²) in [7, 11) is 0. The van der Waals surface area contributed by atoms with E-state index in [-0.39, 0.29) is 12.1 Å². The predicted octanol–water partition coefficient (Wildman–Crippen LogP) is 1.56. The lowest BCUT2D eigenvalue weighted by Crippen LogP contribution is -2.36. The highest BCUT2D eigenvalue weighted by Crippen LogP contribution is 2.09. The molecular weight excluding hydrogens is 210 g/mol. The van der Waals surface area contributed by atoms with Gasteiger partial charge in [-0.1, -0.05) is 0 Å². The summed E-state index contributed by atoms with van der Waals surface area (Å²) >= 11 is 0. The Morgan fingerprint density at radius 1 is 1.06 bits per heavy atom. The first-order valence-corrected chi connectivity index (χ1v) is 5.75. The smallest absolute Gasteiger partial charge is 0.409 e. The average molecular weight is 229 g/mol. The number of carbonyl (C=O) groups excluding carboxylic acids is 2. The van der Waals surface area contributed by atoms with E-state index in [1.54, 1.807) is 4.90 Å². The van der Waals surface area contributed by atoms with Crippen LogP contribution in [0.2, 0.25) is 0 Å². The molecule has 0 aromatic heterocycles. The number of hydrogen-bond donors (Lipinski definition) is 0. The van der Waals surface area contributed by atoms with Crippen molar-refractivity contribution < 1.29 is 19.1 Å². The molecule has 0 N–H and O–H groups in total. The molecule has 0 spiro atoms. The number of nitrogens with zero attached hydrogens (tertiary/aromatic N) is 1. The molecule has 5 nitrogen and oxygen atoms in total. The van der Waals surface area contributed by atoms with Crippen molar-refractivity contribution in [3.8, 4) is 0 Å². The quantitative estimate of drug-likeness (QED) is 0.542. The Morgan fingerprint density at radius 3 is 2.31 bits per heavy atom. The van der Waals surface area contributed by atoms with Crippen LogP contribution in [0.4, 0.5) is 4.79 Å². The van der Waals surface area contributed by atoms with Crippen molar-refractivity contribution in [2.45, 2.75) is 32.6 Å². The van der Waals surface area contributed by atoms with Crippen molar-refractivity contribution in [3.63, 3.8) is 0 Å². The Hall–Kier alpha value is -1.26. The van der Waals surface area contributed by atoms with Crippen LogP contribution in [0.5, 0.6) is 0 Å². The number of piperidine rings is 1. The van der Waals surface area contributed by atoms with Crippen LogP contribution in [0.15, 0.2) is 0 Å². The minimum atomic E-state index is -0.303. The van der Waals surface area contributed by atoms with Gasteiger partial charge < -0.3 is 14.4 Å². The number of hydrogen-bond acceptors (Lipinski definition) is 4. The summed E-state index contributed by atoms with van der Waals surface area (Å²) in [6, 6.07) is 0. The monoisotopic (exact) mass is 229 g/mol. The van der Waals surface area contributed by atoms with Crippen molar-refractivity contribution in [3.05, 3.63) is 0 Å². The Kier molecular flexibility index (Phi) is 5.67. The van der Waals surface area contributed by atoms with Gasteiger partial charge in [0, 0.05) is 26.4 Å². The van der Waals surface area contributed by atoms with Crippen LogP contribution in [0.1, 0.15) is 32.6 Å². The van der Waals surface area contributed by atoms with E-state index in [4.69, 9.17) is 9.47 Å². The molecular formula is C11H19NO4.